The summed E-state index contributed by atoms with van der Waals surface area (Å²) in [6, 6.07) is 10.2. The second-order valence-corrected chi connectivity index (χ2v) is 4.96. The highest BCUT2D eigenvalue weighted by atomic mass is 35.5. The number of rotatable bonds is 6. The molecule has 4 heteroatoms. The van der Waals surface area contributed by atoms with Crippen molar-refractivity contribution in [1.29, 1.82) is 0 Å². The molecule has 2 rings (SSSR count). The van der Waals surface area contributed by atoms with E-state index < -0.39 is 0 Å². The van der Waals surface area contributed by atoms with Crippen LogP contribution in [0.2, 0.25) is 5.02 Å². The Morgan fingerprint density at radius 3 is 2.84 bits per heavy atom. The number of benzene rings is 1. The highest BCUT2D eigenvalue weighted by Crippen LogP contribution is 2.24. The Balaban J connectivity index is 2.36. The van der Waals surface area contributed by atoms with E-state index >= 15 is 0 Å². The molecule has 0 aliphatic carbocycles. The van der Waals surface area contributed by atoms with Gasteiger partial charge in [0, 0.05) is 17.8 Å². The monoisotopic (exact) mass is 277 g/mol. The molecule has 1 atom stereocenters. The zero-order chi connectivity index (χ0) is 13.7. The van der Waals surface area contributed by atoms with Gasteiger partial charge in [0.15, 0.2) is 0 Å². The third kappa shape index (κ3) is 3.37. The van der Waals surface area contributed by atoms with E-state index in [0.29, 0.717) is 0 Å². The summed E-state index contributed by atoms with van der Waals surface area (Å²) in [6.45, 7) is 6.10. The summed E-state index contributed by atoms with van der Waals surface area (Å²) in [5.41, 5.74) is 2.36. The highest BCUT2D eigenvalue weighted by molar-refractivity contribution is 6.30. The van der Waals surface area contributed by atoms with E-state index in [1.165, 1.54) is 11.3 Å². The Kier molecular flexibility index (Phi) is 5.00. The molecular formula is C15H20ClN3. The molecule has 1 aromatic heterocycles. The van der Waals surface area contributed by atoms with Crippen molar-refractivity contribution >= 4 is 11.6 Å². The number of hydrogen-bond donors (Lipinski definition) is 1. The average molecular weight is 278 g/mol. The van der Waals surface area contributed by atoms with Crippen LogP contribution in [0.4, 0.5) is 0 Å². The molecule has 3 nitrogen and oxygen atoms in total. The van der Waals surface area contributed by atoms with Crippen LogP contribution < -0.4 is 5.32 Å². The van der Waals surface area contributed by atoms with Gasteiger partial charge in [-0.25, -0.2) is 0 Å². The third-order valence-corrected chi connectivity index (χ3v) is 3.31. The van der Waals surface area contributed by atoms with E-state index in [0.717, 1.165) is 24.5 Å². The number of nitrogens with zero attached hydrogens (tertiary/aromatic N) is 2. The van der Waals surface area contributed by atoms with Crippen molar-refractivity contribution in [2.45, 2.75) is 32.9 Å². The van der Waals surface area contributed by atoms with E-state index in [9.17, 15) is 0 Å². The number of aryl methyl sites for hydroxylation is 1. The van der Waals surface area contributed by atoms with Gasteiger partial charge in [-0.3, -0.25) is 4.68 Å². The fraction of sp³-hybridized carbons (Fsp3) is 0.400. The fourth-order valence-corrected chi connectivity index (χ4v) is 2.47. The maximum atomic E-state index is 6.10. The van der Waals surface area contributed by atoms with Gasteiger partial charge in [-0.2, -0.15) is 5.10 Å². The third-order valence-electron chi connectivity index (χ3n) is 3.07. The second-order valence-electron chi connectivity index (χ2n) is 4.52. The molecule has 0 fully saturated rings. The van der Waals surface area contributed by atoms with Gasteiger partial charge in [0.2, 0.25) is 0 Å². The first-order valence-corrected chi connectivity index (χ1v) is 7.14. The van der Waals surface area contributed by atoms with Gasteiger partial charge in [-0.05, 0) is 36.7 Å². The highest BCUT2D eigenvalue weighted by Gasteiger charge is 2.17. The van der Waals surface area contributed by atoms with Gasteiger partial charge in [0.05, 0.1) is 11.7 Å². The summed E-state index contributed by atoms with van der Waals surface area (Å²) in [7, 11) is 0. The largest absolute Gasteiger partial charge is 0.305 e. The molecule has 0 amide bonds. The van der Waals surface area contributed by atoms with Crippen molar-refractivity contribution in [2.24, 2.45) is 0 Å². The van der Waals surface area contributed by atoms with E-state index in [-0.39, 0.29) is 6.04 Å². The molecule has 19 heavy (non-hydrogen) atoms. The Labute approximate surface area is 119 Å². The normalized spacial score (nSPS) is 12.6. The van der Waals surface area contributed by atoms with Crippen LogP contribution >= 0.6 is 11.6 Å². The van der Waals surface area contributed by atoms with Crippen LogP contribution in [-0.4, -0.2) is 16.3 Å². The van der Waals surface area contributed by atoms with Gasteiger partial charge < -0.3 is 5.32 Å². The summed E-state index contributed by atoms with van der Waals surface area (Å²) >= 11 is 6.10. The second kappa shape index (κ2) is 6.73. The zero-order valence-corrected chi connectivity index (χ0v) is 12.2. The molecule has 0 saturated carbocycles. The minimum Gasteiger partial charge on any atom is -0.305 e. The molecule has 1 unspecified atom stereocenters. The molecule has 0 spiro atoms. The van der Waals surface area contributed by atoms with Crippen LogP contribution in [0.1, 0.15) is 37.6 Å². The number of aromatic nitrogens is 2. The molecule has 0 radical (unpaired) electrons. The molecule has 1 aromatic carbocycles. The van der Waals surface area contributed by atoms with E-state index in [4.69, 9.17) is 11.6 Å². The maximum absolute atomic E-state index is 6.10. The molecular weight excluding hydrogens is 258 g/mol. The van der Waals surface area contributed by atoms with Gasteiger partial charge in [-0.1, -0.05) is 37.6 Å². The van der Waals surface area contributed by atoms with Gasteiger partial charge >= 0.3 is 0 Å². The zero-order valence-electron chi connectivity index (χ0n) is 11.4. The Bertz CT molecular complexity index is 522. The predicted octanol–water partition coefficient (Wildman–Crippen LogP) is 3.65. The lowest BCUT2D eigenvalue weighted by atomic mass is 10.0. The summed E-state index contributed by atoms with van der Waals surface area (Å²) < 4.78 is 2.06. The lowest BCUT2D eigenvalue weighted by Crippen LogP contribution is -2.25. The van der Waals surface area contributed by atoms with Crippen molar-refractivity contribution in [3.63, 3.8) is 0 Å². The van der Waals surface area contributed by atoms with E-state index in [2.05, 4.69) is 41.1 Å². The fourth-order valence-electron chi connectivity index (χ4n) is 2.27. The van der Waals surface area contributed by atoms with Crippen molar-refractivity contribution in [3.05, 3.63) is 52.8 Å². The van der Waals surface area contributed by atoms with E-state index in [1.807, 2.05) is 24.4 Å². The van der Waals surface area contributed by atoms with Crippen molar-refractivity contribution < 1.29 is 0 Å². The van der Waals surface area contributed by atoms with Crippen LogP contribution in [0.25, 0.3) is 0 Å². The Hall–Kier alpha value is -1.32. The summed E-state index contributed by atoms with van der Waals surface area (Å²) in [4.78, 5) is 0. The van der Waals surface area contributed by atoms with Crippen LogP contribution in [0.5, 0.6) is 0 Å². The summed E-state index contributed by atoms with van der Waals surface area (Å²) in [6.07, 6.45) is 2.93. The Morgan fingerprint density at radius 2 is 2.16 bits per heavy atom. The quantitative estimate of drug-likeness (QED) is 0.874. The Morgan fingerprint density at radius 1 is 1.32 bits per heavy atom. The number of halogens is 1. The van der Waals surface area contributed by atoms with Crippen molar-refractivity contribution in [2.75, 3.05) is 6.54 Å². The van der Waals surface area contributed by atoms with E-state index in [1.54, 1.807) is 0 Å². The summed E-state index contributed by atoms with van der Waals surface area (Å²) in [5, 5.41) is 8.67. The molecule has 1 heterocycles. The smallest absolute Gasteiger partial charge is 0.0748 e. The molecule has 0 saturated heterocycles. The average Bonchev–Trinajstić information content (AvgIpc) is 2.84. The van der Waals surface area contributed by atoms with Crippen LogP contribution in [0, 0.1) is 0 Å². The molecule has 2 aromatic rings. The first-order valence-electron chi connectivity index (χ1n) is 6.76. The van der Waals surface area contributed by atoms with Gasteiger partial charge in [0.1, 0.15) is 0 Å². The van der Waals surface area contributed by atoms with Crippen LogP contribution in [0.15, 0.2) is 36.5 Å². The maximum Gasteiger partial charge on any atom is 0.0748 e. The SMILES string of the molecule is CCCn1nccc1C(NCC)c1cccc(Cl)c1. The number of hydrogen-bond acceptors (Lipinski definition) is 2. The van der Waals surface area contributed by atoms with Gasteiger partial charge in [0.25, 0.3) is 0 Å². The number of nitrogens with one attached hydrogen (secondary N) is 1. The van der Waals surface area contributed by atoms with Gasteiger partial charge in [-0.15, -0.1) is 0 Å². The van der Waals surface area contributed by atoms with Crippen molar-refractivity contribution in [3.8, 4) is 0 Å². The van der Waals surface area contributed by atoms with Crippen LogP contribution in [-0.2, 0) is 6.54 Å². The summed E-state index contributed by atoms with van der Waals surface area (Å²) in [5.74, 6) is 0. The topological polar surface area (TPSA) is 29.9 Å². The predicted molar refractivity (Wildman–Crippen MR) is 79.5 cm³/mol. The molecule has 0 aliphatic heterocycles. The lowest BCUT2D eigenvalue weighted by Gasteiger charge is -2.20. The van der Waals surface area contributed by atoms with Crippen molar-refractivity contribution in [1.82, 2.24) is 15.1 Å². The minimum absolute atomic E-state index is 0.137. The first-order chi connectivity index (χ1) is 9.26. The first kappa shape index (κ1) is 14.1. The lowest BCUT2D eigenvalue weighted by molar-refractivity contribution is 0.520. The van der Waals surface area contributed by atoms with Crippen LogP contribution in [0.3, 0.4) is 0 Å². The molecule has 1 N–H and O–H groups in total. The molecule has 102 valence electrons. The molecule has 0 bridgehead atoms. The minimum atomic E-state index is 0.137. The standard InChI is InChI=1S/C15H20ClN3/c1-3-10-19-14(8-9-18-19)15(17-4-2)12-6-5-7-13(16)11-12/h5-9,11,15,17H,3-4,10H2,1-2H3. The molecule has 0 aliphatic rings.